The van der Waals surface area contributed by atoms with E-state index in [4.69, 9.17) is 0 Å². The summed E-state index contributed by atoms with van der Waals surface area (Å²) >= 11 is 0. The molecule has 0 aliphatic heterocycles. The number of carbonyl (C=O) groups is 1. The van der Waals surface area contributed by atoms with Crippen molar-refractivity contribution < 1.29 is 4.79 Å². The summed E-state index contributed by atoms with van der Waals surface area (Å²) in [6.07, 6.45) is 14.0. The van der Waals surface area contributed by atoms with Crippen LogP contribution in [0.2, 0.25) is 0 Å². The van der Waals surface area contributed by atoms with E-state index >= 15 is 0 Å². The Labute approximate surface area is 97.7 Å². The van der Waals surface area contributed by atoms with Gasteiger partial charge in [-0.3, -0.25) is 0 Å². The number of carbonyl (C=O) groups excluding carboxylic acids is 1. The number of hydrogen-bond donors (Lipinski definition) is 2. The van der Waals surface area contributed by atoms with Gasteiger partial charge in [-0.05, 0) is 31.6 Å². The number of hydrogen-bond acceptors (Lipinski definition) is 1. The molecule has 2 amide bonds. The van der Waals surface area contributed by atoms with Crippen molar-refractivity contribution in [2.45, 2.75) is 57.4 Å². The predicted octanol–water partition coefficient (Wildman–Crippen LogP) is 2.93. The lowest BCUT2D eigenvalue weighted by Gasteiger charge is -2.11. The van der Waals surface area contributed by atoms with Crippen LogP contribution in [0.5, 0.6) is 0 Å². The molecular formula is C13H22N2O. The van der Waals surface area contributed by atoms with Crippen molar-refractivity contribution in [3.63, 3.8) is 0 Å². The number of amides is 2. The Morgan fingerprint density at radius 3 is 2.31 bits per heavy atom. The largest absolute Gasteiger partial charge is 0.335 e. The highest BCUT2D eigenvalue weighted by atomic mass is 16.2. The van der Waals surface area contributed by atoms with Gasteiger partial charge in [0.05, 0.1) is 0 Å². The molecular weight excluding hydrogens is 200 g/mol. The minimum Gasteiger partial charge on any atom is -0.335 e. The second-order valence-corrected chi connectivity index (χ2v) is 5.00. The van der Waals surface area contributed by atoms with Gasteiger partial charge in [-0.15, -0.1) is 0 Å². The molecule has 3 nitrogen and oxygen atoms in total. The molecule has 0 radical (unpaired) electrons. The van der Waals surface area contributed by atoms with E-state index in [0.29, 0.717) is 12.0 Å². The lowest BCUT2D eigenvalue weighted by Crippen LogP contribution is -2.38. The fraction of sp³-hybridized carbons (Fsp3) is 0.769. The van der Waals surface area contributed by atoms with Gasteiger partial charge in [0.2, 0.25) is 0 Å². The summed E-state index contributed by atoms with van der Waals surface area (Å²) < 4.78 is 0. The summed E-state index contributed by atoms with van der Waals surface area (Å²) in [5, 5.41) is 5.81. The second kappa shape index (κ2) is 5.92. The molecule has 16 heavy (non-hydrogen) atoms. The Morgan fingerprint density at radius 2 is 1.62 bits per heavy atom. The van der Waals surface area contributed by atoms with E-state index in [9.17, 15) is 4.79 Å². The van der Waals surface area contributed by atoms with E-state index in [1.54, 1.807) is 0 Å². The maximum Gasteiger partial charge on any atom is 0.318 e. The molecule has 0 unspecified atom stereocenters. The maximum absolute atomic E-state index is 11.5. The van der Waals surface area contributed by atoms with E-state index < -0.39 is 0 Å². The van der Waals surface area contributed by atoms with Gasteiger partial charge in [0, 0.05) is 12.2 Å². The lowest BCUT2D eigenvalue weighted by atomic mass is 10.1. The van der Waals surface area contributed by atoms with Crippen LogP contribution in [-0.2, 0) is 0 Å². The monoisotopic (exact) mass is 222 g/mol. The lowest BCUT2D eigenvalue weighted by molar-refractivity contribution is 0.240. The second-order valence-electron chi connectivity index (χ2n) is 5.00. The van der Waals surface area contributed by atoms with Crippen LogP contribution in [0.1, 0.15) is 51.4 Å². The summed E-state index contributed by atoms with van der Waals surface area (Å²) in [5.41, 5.74) is 0. The summed E-state index contributed by atoms with van der Waals surface area (Å²) in [6.45, 7) is 0. The molecule has 2 N–H and O–H groups in total. The van der Waals surface area contributed by atoms with Crippen molar-refractivity contribution >= 4 is 6.03 Å². The summed E-state index contributed by atoms with van der Waals surface area (Å²) in [4.78, 5) is 11.5. The molecule has 2 saturated carbocycles. The van der Waals surface area contributed by atoms with Crippen molar-refractivity contribution in [3.05, 3.63) is 12.3 Å². The molecule has 90 valence electrons. The van der Waals surface area contributed by atoms with Gasteiger partial charge in [0.15, 0.2) is 0 Å². The number of rotatable bonds is 3. The number of allylic oxidation sites excluding steroid dienone is 1. The van der Waals surface area contributed by atoms with Crippen molar-refractivity contribution in [2.24, 2.45) is 5.92 Å². The first kappa shape index (κ1) is 11.5. The first-order valence-corrected chi connectivity index (χ1v) is 6.58. The van der Waals surface area contributed by atoms with Gasteiger partial charge in [-0.1, -0.05) is 31.8 Å². The van der Waals surface area contributed by atoms with Gasteiger partial charge < -0.3 is 10.6 Å². The zero-order valence-electron chi connectivity index (χ0n) is 9.87. The van der Waals surface area contributed by atoms with Crippen LogP contribution in [0.15, 0.2) is 12.3 Å². The van der Waals surface area contributed by atoms with Crippen LogP contribution in [0.25, 0.3) is 0 Å². The van der Waals surface area contributed by atoms with Crippen LogP contribution in [-0.4, -0.2) is 12.1 Å². The third kappa shape index (κ3) is 3.54. The van der Waals surface area contributed by atoms with E-state index in [1.807, 2.05) is 6.20 Å². The Morgan fingerprint density at radius 1 is 1.00 bits per heavy atom. The Balaban J connectivity index is 1.62. The summed E-state index contributed by atoms with van der Waals surface area (Å²) in [6, 6.07) is 0.362. The van der Waals surface area contributed by atoms with Crippen LogP contribution in [0, 0.1) is 5.92 Å². The summed E-state index contributed by atoms with van der Waals surface area (Å²) in [5.74, 6) is 0.687. The first-order valence-electron chi connectivity index (χ1n) is 6.58. The van der Waals surface area contributed by atoms with Crippen molar-refractivity contribution in [3.8, 4) is 0 Å². The molecule has 0 aromatic heterocycles. The molecule has 0 aromatic carbocycles. The zero-order valence-corrected chi connectivity index (χ0v) is 9.87. The van der Waals surface area contributed by atoms with E-state index in [-0.39, 0.29) is 6.03 Å². The average Bonchev–Trinajstić information content (AvgIpc) is 2.90. The number of urea groups is 1. The summed E-state index contributed by atoms with van der Waals surface area (Å²) in [7, 11) is 0. The SMILES string of the molecule is O=C(N/C=C/C1CCCC1)NC1CCCC1. The van der Waals surface area contributed by atoms with Crippen LogP contribution in [0.3, 0.4) is 0 Å². The molecule has 0 spiro atoms. The van der Waals surface area contributed by atoms with Crippen LogP contribution >= 0.6 is 0 Å². The normalized spacial score (nSPS) is 23.0. The van der Waals surface area contributed by atoms with Gasteiger partial charge >= 0.3 is 6.03 Å². The molecule has 0 bridgehead atoms. The van der Waals surface area contributed by atoms with Crippen LogP contribution < -0.4 is 10.6 Å². The Bertz CT molecular complexity index is 251. The highest BCUT2D eigenvalue weighted by molar-refractivity contribution is 5.75. The fourth-order valence-corrected chi connectivity index (χ4v) is 2.71. The molecule has 0 saturated heterocycles. The Hall–Kier alpha value is -0.990. The smallest absolute Gasteiger partial charge is 0.318 e. The highest BCUT2D eigenvalue weighted by Crippen LogP contribution is 2.25. The van der Waals surface area contributed by atoms with E-state index in [2.05, 4.69) is 16.7 Å². The molecule has 0 atom stereocenters. The average molecular weight is 222 g/mol. The van der Waals surface area contributed by atoms with E-state index in [1.165, 1.54) is 38.5 Å². The van der Waals surface area contributed by atoms with Gasteiger partial charge in [-0.2, -0.15) is 0 Å². The molecule has 2 aliphatic rings. The molecule has 2 aliphatic carbocycles. The molecule has 3 heteroatoms. The molecule has 0 aromatic rings. The molecule has 2 fully saturated rings. The van der Waals surface area contributed by atoms with Gasteiger partial charge in [0.25, 0.3) is 0 Å². The standard InChI is InChI=1S/C13H22N2O/c16-13(15-12-7-3-4-8-12)14-10-9-11-5-1-2-6-11/h9-12H,1-8H2,(H2,14,15,16)/b10-9+. The predicted molar refractivity (Wildman–Crippen MR) is 65.0 cm³/mol. The topological polar surface area (TPSA) is 41.1 Å². The highest BCUT2D eigenvalue weighted by Gasteiger charge is 2.16. The third-order valence-corrected chi connectivity index (χ3v) is 3.67. The Kier molecular flexibility index (Phi) is 4.25. The van der Waals surface area contributed by atoms with E-state index in [0.717, 1.165) is 12.8 Å². The number of nitrogens with one attached hydrogen (secondary N) is 2. The zero-order chi connectivity index (χ0) is 11.2. The van der Waals surface area contributed by atoms with Crippen LogP contribution in [0.4, 0.5) is 4.79 Å². The molecule has 0 heterocycles. The van der Waals surface area contributed by atoms with Gasteiger partial charge in [-0.25, -0.2) is 4.79 Å². The first-order chi connectivity index (χ1) is 7.84. The van der Waals surface area contributed by atoms with Gasteiger partial charge in [0.1, 0.15) is 0 Å². The maximum atomic E-state index is 11.5. The fourth-order valence-electron chi connectivity index (χ4n) is 2.71. The molecule has 2 rings (SSSR count). The van der Waals surface area contributed by atoms with Crippen molar-refractivity contribution in [1.82, 2.24) is 10.6 Å². The van der Waals surface area contributed by atoms with Crippen molar-refractivity contribution in [2.75, 3.05) is 0 Å². The van der Waals surface area contributed by atoms with Crippen molar-refractivity contribution in [1.29, 1.82) is 0 Å². The quantitative estimate of drug-likeness (QED) is 0.757. The minimum absolute atomic E-state index is 0.0406. The third-order valence-electron chi connectivity index (χ3n) is 3.67. The minimum atomic E-state index is -0.0406.